The molecule has 1 fully saturated rings. The lowest BCUT2D eigenvalue weighted by Gasteiger charge is -2.38. The molecule has 1 aliphatic rings. The van der Waals surface area contributed by atoms with Crippen LogP contribution in [0.15, 0.2) is 0 Å². The standard InChI is InChI=1S/C9H16N2O3/c1-7(13)10-3-2-9(14)11-4-8(5-11)6-12/h8,12H,2-6H2,1H3,(H,10,13). The highest BCUT2D eigenvalue weighted by molar-refractivity contribution is 5.78. The molecule has 80 valence electrons. The highest BCUT2D eigenvalue weighted by Crippen LogP contribution is 2.15. The van der Waals surface area contributed by atoms with Gasteiger partial charge in [-0.15, -0.1) is 0 Å². The zero-order chi connectivity index (χ0) is 10.6. The SMILES string of the molecule is CC(=O)NCCC(=O)N1CC(CO)C1. The number of carbonyl (C=O) groups excluding carboxylic acids is 2. The molecule has 14 heavy (non-hydrogen) atoms. The molecule has 0 radical (unpaired) electrons. The lowest BCUT2D eigenvalue weighted by molar-refractivity contribution is -0.138. The fraction of sp³-hybridized carbons (Fsp3) is 0.778. The van der Waals surface area contributed by atoms with Crippen molar-refractivity contribution in [2.75, 3.05) is 26.2 Å². The van der Waals surface area contributed by atoms with Crippen LogP contribution in [0.4, 0.5) is 0 Å². The molecule has 0 bridgehead atoms. The Morgan fingerprint density at radius 1 is 1.50 bits per heavy atom. The minimum atomic E-state index is -0.116. The number of likely N-dealkylation sites (tertiary alicyclic amines) is 1. The van der Waals surface area contributed by atoms with Crippen LogP contribution in [0.1, 0.15) is 13.3 Å². The largest absolute Gasteiger partial charge is 0.396 e. The van der Waals surface area contributed by atoms with E-state index in [2.05, 4.69) is 5.32 Å². The van der Waals surface area contributed by atoms with Crippen molar-refractivity contribution in [1.82, 2.24) is 10.2 Å². The second-order valence-electron chi connectivity index (χ2n) is 3.58. The van der Waals surface area contributed by atoms with Crippen LogP contribution in [-0.4, -0.2) is 48.1 Å². The van der Waals surface area contributed by atoms with Crippen LogP contribution in [0.2, 0.25) is 0 Å². The van der Waals surface area contributed by atoms with Crippen molar-refractivity contribution in [3.63, 3.8) is 0 Å². The molecule has 0 saturated carbocycles. The van der Waals surface area contributed by atoms with E-state index in [1.807, 2.05) is 0 Å². The summed E-state index contributed by atoms with van der Waals surface area (Å²) >= 11 is 0. The number of aliphatic hydroxyl groups excluding tert-OH is 1. The van der Waals surface area contributed by atoms with E-state index in [0.717, 1.165) is 0 Å². The molecule has 1 heterocycles. The molecule has 1 aliphatic heterocycles. The summed E-state index contributed by atoms with van der Waals surface area (Å²) in [5.41, 5.74) is 0. The molecule has 5 heteroatoms. The first-order valence-electron chi connectivity index (χ1n) is 4.76. The molecular formula is C9H16N2O3. The zero-order valence-corrected chi connectivity index (χ0v) is 8.32. The lowest BCUT2D eigenvalue weighted by Crippen LogP contribution is -2.51. The molecule has 0 aromatic heterocycles. The van der Waals surface area contributed by atoms with Gasteiger partial charge in [0, 0.05) is 45.5 Å². The minimum absolute atomic E-state index is 0.0449. The van der Waals surface area contributed by atoms with E-state index in [1.165, 1.54) is 6.92 Å². The summed E-state index contributed by atoms with van der Waals surface area (Å²) in [4.78, 5) is 23.6. The van der Waals surface area contributed by atoms with Crippen LogP contribution in [-0.2, 0) is 9.59 Å². The van der Waals surface area contributed by atoms with Gasteiger partial charge in [-0.1, -0.05) is 0 Å². The van der Waals surface area contributed by atoms with Gasteiger partial charge in [0.15, 0.2) is 0 Å². The molecule has 2 N–H and O–H groups in total. The number of hydrogen-bond acceptors (Lipinski definition) is 3. The van der Waals surface area contributed by atoms with E-state index in [0.29, 0.717) is 26.1 Å². The van der Waals surface area contributed by atoms with E-state index < -0.39 is 0 Å². The lowest BCUT2D eigenvalue weighted by atomic mass is 10.0. The molecule has 1 rings (SSSR count). The van der Waals surface area contributed by atoms with E-state index in [-0.39, 0.29) is 24.3 Å². The summed E-state index contributed by atoms with van der Waals surface area (Å²) < 4.78 is 0. The summed E-state index contributed by atoms with van der Waals surface area (Å²) in [6.07, 6.45) is 0.345. The third kappa shape index (κ3) is 2.99. The minimum Gasteiger partial charge on any atom is -0.396 e. The van der Waals surface area contributed by atoms with Gasteiger partial charge in [-0.3, -0.25) is 9.59 Å². The second-order valence-corrected chi connectivity index (χ2v) is 3.58. The highest BCUT2D eigenvalue weighted by atomic mass is 16.3. The number of carbonyl (C=O) groups is 2. The smallest absolute Gasteiger partial charge is 0.224 e. The molecular weight excluding hydrogens is 184 g/mol. The van der Waals surface area contributed by atoms with Crippen LogP contribution < -0.4 is 5.32 Å². The Morgan fingerprint density at radius 2 is 2.14 bits per heavy atom. The quantitative estimate of drug-likeness (QED) is 0.609. The maximum absolute atomic E-state index is 11.4. The Morgan fingerprint density at radius 3 is 2.64 bits per heavy atom. The van der Waals surface area contributed by atoms with Gasteiger partial charge in [-0.05, 0) is 0 Å². The second kappa shape index (κ2) is 4.95. The van der Waals surface area contributed by atoms with Gasteiger partial charge in [-0.2, -0.15) is 0 Å². The summed E-state index contributed by atoms with van der Waals surface area (Å²) in [6, 6.07) is 0. The molecule has 2 amide bonds. The van der Waals surface area contributed by atoms with Gasteiger partial charge in [0.1, 0.15) is 0 Å². The summed E-state index contributed by atoms with van der Waals surface area (Å²) in [6.45, 7) is 3.27. The average molecular weight is 200 g/mol. The first-order valence-corrected chi connectivity index (χ1v) is 4.76. The Balaban J connectivity index is 2.09. The highest BCUT2D eigenvalue weighted by Gasteiger charge is 2.29. The molecule has 0 aromatic rings. The van der Waals surface area contributed by atoms with Crippen molar-refractivity contribution in [3.8, 4) is 0 Å². The van der Waals surface area contributed by atoms with Crippen molar-refractivity contribution in [3.05, 3.63) is 0 Å². The number of aliphatic hydroxyl groups is 1. The molecule has 0 aliphatic carbocycles. The first-order chi connectivity index (χ1) is 6.63. The third-order valence-corrected chi connectivity index (χ3v) is 2.28. The number of hydrogen-bond donors (Lipinski definition) is 2. The van der Waals surface area contributed by atoms with E-state index >= 15 is 0 Å². The van der Waals surface area contributed by atoms with Crippen molar-refractivity contribution in [2.45, 2.75) is 13.3 Å². The number of nitrogens with one attached hydrogen (secondary N) is 1. The van der Waals surface area contributed by atoms with Crippen LogP contribution in [0.3, 0.4) is 0 Å². The summed E-state index contributed by atoms with van der Waals surface area (Å²) in [5, 5.41) is 11.3. The maximum atomic E-state index is 11.4. The Labute approximate surface area is 83.1 Å². The van der Waals surface area contributed by atoms with Gasteiger partial charge >= 0.3 is 0 Å². The maximum Gasteiger partial charge on any atom is 0.224 e. The molecule has 5 nitrogen and oxygen atoms in total. The monoisotopic (exact) mass is 200 g/mol. The first kappa shape index (κ1) is 11.0. The van der Waals surface area contributed by atoms with Crippen LogP contribution >= 0.6 is 0 Å². The van der Waals surface area contributed by atoms with E-state index in [4.69, 9.17) is 5.11 Å². The predicted molar refractivity (Wildman–Crippen MR) is 50.5 cm³/mol. The number of nitrogens with zero attached hydrogens (tertiary/aromatic N) is 1. The predicted octanol–water partition coefficient (Wildman–Crippen LogP) is -1.04. The van der Waals surface area contributed by atoms with Crippen LogP contribution in [0, 0.1) is 5.92 Å². The summed E-state index contributed by atoms with van der Waals surface area (Å²) in [5.74, 6) is 0.179. The normalized spacial score (nSPS) is 16.3. The van der Waals surface area contributed by atoms with E-state index in [1.54, 1.807) is 4.90 Å². The third-order valence-electron chi connectivity index (χ3n) is 2.28. The Bertz CT molecular complexity index is 224. The average Bonchev–Trinajstić information content (AvgIpc) is 2.01. The van der Waals surface area contributed by atoms with E-state index in [9.17, 15) is 9.59 Å². The van der Waals surface area contributed by atoms with Gasteiger partial charge in [-0.25, -0.2) is 0 Å². The number of amides is 2. The molecule has 1 saturated heterocycles. The fourth-order valence-electron chi connectivity index (χ4n) is 1.39. The number of rotatable bonds is 4. The topological polar surface area (TPSA) is 69.6 Å². The molecule has 0 atom stereocenters. The van der Waals surface area contributed by atoms with Gasteiger partial charge in [0.25, 0.3) is 0 Å². The van der Waals surface area contributed by atoms with Gasteiger partial charge < -0.3 is 15.3 Å². The Kier molecular flexibility index (Phi) is 3.88. The molecule has 0 spiro atoms. The molecule has 0 unspecified atom stereocenters. The fourth-order valence-corrected chi connectivity index (χ4v) is 1.39. The van der Waals surface area contributed by atoms with Crippen LogP contribution in [0.5, 0.6) is 0 Å². The molecule has 0 aromatic carbocycles. The van der Waals surface area contributed by atoms with Crippen molar-refractivity contribution >= 4 is 11.8 Å². The Hall–Kier alpha value is -1.10. The summed E-state index contributed by atoms with van der Waals surface area (Å²) in [7, 11) is 0. The van der Waals surface area contributed by atoms with Crippen molar-refractivity contribution in [2.24, 2.45) is 5.92 Å². The van der Waals surface area contributed by atoms with Crippen molar-refractivity contribution in [1.29, 1.82) is 0 Å². The zero-order valence-electron chi connectivity index (χ0n) is 8.32. The van der Waals surface area contributed by atoms with Gasteiger partial charge in [0.05, 0.1) is 0 Å². The van der Waals surface area contributed by atoms with Gasteiger partial charge in [0.2, 0.25) is 11.8 Å². The van der Waals surface area contributed by atoms with Crippen LogP contribution in [0.25, 0.3) is 0 Å². The van der Waals surface area contributed by atoms with Crippen molar-refractivity contribution < 1.29 is 14.7 Å².